The van der Waals surface area contributed by atoms with E-state index >= 15 is 0 Å². The summed E-state index contributed by atoms with van der Waals surface area (Å²) in [7, 11) is -3.66. The predicted molar refractivity (Wildman–Crippen MR) is 72.2 cm³/mol. The molecule has 2 aromatic carbocycles. The fourth-order valence-electron chi connectivity index (χ4n) is 1.69. The van der Waals surface area contributed by atoms with Gasteiger partial charge in [-0.2, -0.15) is 0 Å². The molecule has 21 heavy (non-hydrogen) atoms. The van der Waals surface area contributed by atoms with Gasteiger partial charge in [0, 0.05) is 6.54 Å². The molecule has 0 unspecified atom stereocenters. The van der Waals surface area contributed by atoms with Crippen LogP contribution in [0.4, 0.5) is 13.2 Å². The van der Waals surface area contributed by atoms with E-state index < -0.39 is 27.5 Å². The molecule has 7 heteroatoms. The maximum Gasteiger partial charge on any atom is 0.216 e. The SMILES string of the molecule is O=S(=O)(Cc1ccc(F)cc1)NCc1ccc(F)c(F)c1. The molecule has 0 radical (unpaired) electrons. The van der Waals surface area contributed by atoms with Gasteiger partial charge in [0.05, 0.1) is 5.75 Å². The van der Waals surface area contributed by atoms with Gasteiger partial charge in [-0.1, -0.05) is 18.2 Å². The summed E-state index contributed by atoms with van der Waals surface area (Å²) in [5, 5.41) is 0. The molecule has 112 valence electrons. The molecule has 0 atom stereocenters. The van der Waals surface area contributed by atoms with Crippen molar-refractivity contribution < 1.29 is 21.6 Å². The van der Waals surface area contributed by atoms with Crippen LogP contribution in [0.1, 0.15) is 11.1 Å². The highest BCUT2D eigenvalue weighted by molar-refractivity contribution is 7.88. The smallest absolute Gasteiger partial charge is 0.212 e. The maximum atomic E-state index is 13.0. The van der Waals surface area contributed by atoms with Gasteiger partial charge in [-0.15, -0.1) is 0 Å². The number of hydrogen-bond donors (Lipinski definition) is 1. The number of hydrogen-bond acceptors (Lipinski definition) is 2. The summed E-state index contributed by atoms with van der Waals surface area (Å²) in [6, 6.07) is 8.21. The van der Waals surface area contributed by atoms with Gasteiger partial charge in [-0.3, -0.25) is 0 Å². The average Bonchev–Trinajstić information content (AvgIpc) is 2.43. The standard InChI is InChI=1S/C14H12F3NO2S/c15-12-4-1-10(2-5-12)9-21(19,20)18-8-11-3-6-13(16)14(17)7-11/h1-7,18H,8-9H2. The van der Waals surface area contributed by atoms with E-state index in [4.69, 9.17) is 0 Å². The van der Waals surface area contributed by atoms with E-state index in [-0.39, 0.29) is 12.3 Å². The van der Waals surface area contributed by atoms with Crippen molar-refractivity contribution in [1.82, 2.24) is 4.72 Å². The number of benzene rings is 2. The third-order valence-electron chi connectivity index (χ3n) is 2.75. The monoisotopic (exact) mass is 315 g/mol. The van der Waals surface area contributed by atoms with Gasteiger partial charge >= 0.3 is 0 Å². The summed E-state index contributed by atoms with van der Waals surface area (Å²) in [4.78, 5) is 0. The zero-order chi connectivity index (χ0) is 15.5. The first-order valence-electron chi connectivity index (χ1n) is 6.01. The molecule has 0 saturated carbocycles. The van der Waals surface area contributed by atoms with E-state index in [1.165, 1.54) is 30.3 Å². The van der Waals surface area contributed by atoms with Crippen LogP contribution >= 0.6 is 0 Å². The van der Waals surface area contributed by atoms with Crippen LogP contribution in [-0.4, -0.2) is 8.42 Å². The highest BCUT2D eigenvalue weighted by atomic mass is 32.2. The van der Waals surface area contributed by atoms with Crippen LogP contribution in [0, 0.1) is 17.5 Å². The zero-order valence-corrected chi connectivity index (χ0v) is 11.6. The fraction of sp³-hybridized carbons (Fsp3) is 0.143. The van der Waals surface area contributed by atoms with Gasteiger partial charge in [-0.25, -0.2) is 26.3 Å². The minimum Gasteiger partial charge on any atom is -0.212 e. The molecular formula is C14H12F3NO2S. The van der Waals surface area contributed by atoms with Crippen LogP contribution in [0.15, 0.2) is 42.5 Å². The molecule has 0 bridgehead atoms. The second-order valence-electron chi connectivity index (χ2n) is 4.46. The van der Waals surface area contributed by atoms with Crippen molar-refractivity contribution in [2.75, 3.05) is 0 Å². The van der Waals surface area contributed by atoms with Gasteiger partial charge in [0.25, 0.3) is 0 Å². The first-order valence-corrected chi connectivity index (χ1v) is 7.67. The number of sulfonamides is 1. The molecule has 0 heterocycles. The van der Waals surface area contributed by atoms with Gasteiger partial charge in [0.2, 0.25) is 10.0 Å². The van der Waals surface area contributed by atoms with E-state index in [1.807, 2.05) is 0 Å². The van der Waals surface area contributed by atoms with Gasteiger partial charge in [-0.05, 0) is 35.4 Å². The molecular weight excluding hydrogens is 303 g/mol. The van der Waals surface area contributed by atoms with E-state index in [0.29, 0.717) is 11.1 Å². The van der Waals surface area contributed by atoms with E-state index in [0.717, 1.165) is 12.1 Å². The molecule has 0 aromatic heterocycles. The Hall–Kier alpha value is -1.86. The minimum atomic E-state index is -3.66. The Morgan fingerprint density at radius 3 is 2.10 bits per heavy atom. The summed E-state index contributed by atoms with van der Waals surface area (Å²) in [5.41, 5.74) is 0.728. The quantitative estimate of drug-likeness (QED) is 0.922. The molecule has 2 aromatic rings. The third-order valence-corrected chi connectivity index (χ3v) is 4.05. The summed E-state index contributed by atoms with van der Waals surface area (Å²) >= 11 is 0. The van der Waals surface area contributed by atoms with E-state index in [2.05, 4.69) is 4.72 Å². The lowest BCUT2D eigenvalue weighted by Crippen LogP contribution is -2.24. The maximum absolute atomic E-state index is 13.0. The van der Waals surface area contributed by atoms with Crippen LogP contribution in [-0.2, 0) is 22.3 Å². The molecule has 0 aliphatic carbocycles. The lowest BCUT2D eigenvalue weighted by Gasteiger charge is -2.07. The fourth-order valence-corrected chi connectivity index (χ4v) is 2.81. The molecule has 0 amide bonds. The topological polar surface area (TPSA) is 46.2 Å². The Morgan fingerprint density at radius 2 is 1.48 bits per heavy atom. The summed E-state index contributed by atoms with van der Waals surface area (Å²) < 4.78 is 64.4. The third kappa shape index (κ3) is 4.57. The van der Waals surface area contributed by atoms with Crippen molar-refractivity contribution in [2.24, 2.45) is 0 Å². The second-order valence-corrected chi connectivity index (χ2v) is 6.26. The van der Waals surface area contributed by atoms with Crippen LogP contribution in [0.2, 0.25) is 0 Å². The molecule has 0 fully saturated rings. The van der Waals surface area contributed by atoms with Crippen LogP contribution in [0.3, 0.4) is 0 Å². The van der Waals surface area contributed by atoms with Crippen LogP contribution < -0.4 is 4.72 Å². The Morgan fingerprint density at radius 1 is 0.857 bits per heavy atom. The second kappa shape index (κ2) is 6.28. The van der Waals surface area contributed by atoms with Crippen molar-refractivity contribution >= 4 is 10.0 Å². The van der Waals surface area contributed by atoms with Crippen molar-refractivity contribution in [3.05, 3.63) is 71.0 Å². The molecule has 3 nitrogen and oxygen atoms in total. The first-order chi connectivity index (χ1) is 9.85. The van der Waals surface area contributed by atoms with Gasteiger partial charge in [0.1, 0.15) is 5.82 Å². The predicted octanol–water partition coefficient (Wildman–Crippen LogP) is 2.72. The van der Waals surface area contributed by atoms with E-state index in [9.17, 15) is 21.6 Å². The van der Waals surface area contributed by atoms with E-state index in [1.54, 1.807) is 0 Å². The molecule has 0 aliphatic rings. The first kappa shape index (κ1) is 15.5. The zero-order valence-electron chi connectivity index (χ0n) is 10.8. The summed E-state index contributed by atoms with van der Waals surface area (Å²) in [6.45, 7) is -0.152. The Balaban J connectivity index is 2.00. The number of nitrogens with one attached hydrogen (secondary N) is 1. The minimum absolute atomic E-state index is 0.152. The largest absolute Gasteiger partial charge is 0.216 e. The molecule has 0 saturated heterocycles. The molecule has 0 spiro atoms. The van der Waals surface area contributed by atoms with Gasteiger partial charge in [0.15, 0.2) is 11.6 Å². The normalized spacial score (nSPS) is 11.6. The number of rotatable bonds is 5. The number of halogens is 3. The average molecular weight is 315 g/mol. The Bertz CT molecular complexity index is 730. The lowest BCUT2D eigenvalue weighted by atomic mass is 10.2. The Labute approximate surface area is 120 Å². The highest BCUT2D eigenvalue weighted by Gasteiger charge is 2.12. The van der Waals surface area contributed by atoms with Crippen LogP contribution in [0.5, 0.6) is 0 Å². The van der Waals surface area contributed by atoms with Crippen molar-refractivity contribution in [2.45, 2.75) is 12.3 Å². The van der Waals surface area contributed by atoms with Crippen molar-refractivity contribution in [3.8, 4) is 0 Å². The highest BCUT2D eigenvalue weighted by Crippen LogP contribution is 2.10. The van der Waals surface area contributed by atoms with Crippen LogP contribution in [0.25, 0.3) is 0 Å². The molecule has 2 rings (SSSR count). The van der Waals surface area contributed by atoms with Crippen molar-refractivity contribution in [1.29, 1.82) is 0 Å². The van der Waals surface area contributed by atoms with Crippen molar-refractivity contribution in [3.63, 3.8) is 0 Å². The Kier molecular flexibility index (Phi) is 4.64. The molecule has 1 N–H and O–H groups in total. The molecule has 0 aliphatic heterocycles. The van der Waals surface area contributed by atoms with Gasteiger partial charge < -0.3 is 0 Å². The lowest BCUT2D eigenvalue weighted by molar-refractivity contribution is 0.506. The summed E-state index contributed by atoms with van der Waals surface area (Å²) in [6.07, 6.45) is 0. The summed E-state index contributed by atoms with van der Waals surface area (Å²) in [5.74, 6) is -2.80.